The number of hydrogen-bond acceptors (Lipinski definition) is 2. The van der Waals surface area contributed by atoms with Crippen molar-refractivity contribution in [1.82, 2.24) is 0 Å². The van der Waals surface area contributed by atoms with Crippen molar-refractivity contribution < 1.29 is 9.59 Å². The van der Waals surface area contributed by atoms with Gasteiger partial charge >= 0.3 is 0 Å². The maximum absolute atomic E-state index is 12.5. The van der Waals surface area contributed by atoms with Gasteiger partial charge in [-0.05, 0) is 47.7 Å². The Morgan fingerprint density at radius 2 is 1.65 bits per heavy atom. The molecule has 4 nitrogen and oxygen atoms in total. The van der Waals surface area contributed by atoms with Crippen LogP contribution in [-0.4, -0.2) is 11.8 Å². The minimum atomic E-state index is -0.246. The molecule has 2 amide bonds. The van der Waals surface area contributed by atoms with Crippen LogP contribution >= 0.6 is 11.6 Å². The van der Waals surface area contributed by atoms with Crippen LogP contribution in [0.25, 0.3) is 0 Å². The lowest BCUT2D eigenvalue weighted by atomic mass is 9.87. The number of anilines is 2. The summed E-state index contributed by atoms with van der Waals surface area (Å²) in [6.45, 7) is 8.32. The van der Waals surface area contributed by atoms with Gasteiger partial charge in [0, 0.05) is 17.7 Å². The largest absolute Gasteiger partial charge is 0.326 e. The maximum Gasteiger partial charge on any atom is 0.255 e. The first-order valence-corrected chi connectivity index (χ1v) is 9.10. The van der Waals surface area contributed by atoms with Crippen LogP contribution in [0.4, 0.5) is 11.4 Å². The molecule has 0 bridgehead atoms. The van der Waals surface area contributed by atoms with E-state index in [0.717, 1.165) is 12.0 Å². The third-order valence-corrected chi connectivity index (χ3v) is 4.32. The number of carbonyl (C=O) groups is 2. The number of benzene rings is 2. The molecule has 2 aromatic carbocycles. The van der Waals surface area contributed by atoms with Gasteiger partial charge in [-0.2, -0.15) is 0 Å². The second kappa shape index (κ2) is 8.37. The molecule has 0 radical (unpaired) electrons. The molecule has 2 aromatic rings. The van der Waals surface area contributed by atoms with Crippen LogP contribution in [0, 0.1) is 0 Å². The lowest BCUT2D eigenvalue weighted by Gasteiger charge is -2.19. The van der Waals surface area contributed by atoms with E-state index >= 15 is 0 Å². The molecular weight excluding hydrogens is 348 g/mol. The number of hydrogen-bond donors (Lipinski definition) is 2. The first-order chi connectivity index (χ1) is 12.2. The van der Waals surface area contributed by atoms with E-state index in [1.54, 1.807) is 30.3 Å². The monoisotopic (exact) mass is 372 g/mol. The lowest BCUT2D eigenvalue weighted by Crippen LogP contribution is -2.15. The van der Waals surface area contributed by atoms with Crippen LogP contribution in [0.1, 0.15) is 56.5 Å². The van der Waals surface area contributed by atoms with Gasteiger partial charge in [0.25, 0.3) is 5.91 Å². The molecule has 0 fully saturated rings. The molecule has 0 aliphatic heterocycles. The molecule has 0 saturated carbocycles. The average molecular weight is 373 g/mol. The highest BCUT2D eigenvalue weighted by atomic mass is 35.5. The predicted octanol–water partition coefficient (Wildman–Crippen LogP) is 5.63. The van der Waals surface area contributed by atoms with Crippen LogP contribution in [0.15, 0.2) is 42.5 Å². The van der Waals surface area contributed by atoms with E-state index in [4.69, 9.17) is 11.6 Å². The second-order valence-corrected chi connectivity index (χ2v) is 7.68. The van der Waals surface area contributed by atoms with E-state index in [1.807, 2.05) is 19.1 Å². The molecule has 5 heteroatoms. The van der Waals surface area contributed by atoms with Gasteiger partial charge < -0.3 is 10.6 Å². The number of nitrogens with one attached hydrogen (secondary N) is 2. The van der Waals surface area contributed by atoms with Crippen molar-refractivity contribution in [1.29, 1.82) is 0 Å². The molecule has 2 rings (SSSR count). The Morgan fingerprint density at radius 1 is 1.00 bits per heavy atom. The topological polar surface area (TPSA) is 58.2 Å². The average Bonchev–Trinajstić information content (AvgIpc) is 2.57. The minimum Gasteiger partial charge on any atom is -0.326 e. The van der Waals surface area contributed by atoms with Crippen molar-refractivity contribution in [3.05, 3.63) is 58.6 Å². The van der Waals surface area contributed by atoms with Crippen molar-refractivity contribution in [3.8, 4) is 0 Å². The predicted molar refractivity (Wildman–Crippen MR) is 108 cm³/mol. The third-order valence-electron chi connectivity index (χ3n) is 3.99. The summed E-state index contributed by atoms with van der Waals surface area (Å²) >= 11 is 6.18. The maximum atomic E-state index is 12.5. The van der Waals surface area contributed by atoms with Gasteiger partial charge in [-0.3, -0.25) is 9.59 Å². The minimum absolute atomic E-state index is 0.0311. The third kappa shape index (κ3) is 5.33. The van der Waals surface area contributed by atoms with Crippen molar-refractivity contribution in [3.63, 3.8) is 0 Å². The van der Waals surface area contributed by atoms with E-state index in [0.29, 0.717) is 28.4 Å². The Hall–Kier alpha value is -2.33. The van der Waals surface area contributed by atoms with Crippen LogP contribution in [0.5, 0.6) is 0 Å². The summed E-state index contributed by atoms with van der Waals surface area (Å²) in [4.78, 5) is 24.2. The summed E-state index contributed by atoms with van der Waals surface area (Å²) in [7, 11) is 0. The standard InChI is InChI=1S/C21H25ClN2O2/c1-5-6-19(25)23-16-11-12-17(22)18(13-16)24-20(26)14-7-9-15(10-8-14)21(2,3)4/h7-13H,5-6H2,1-4H3,(H,23,25)(H,24,26). The molecule has 26 heavy (non-hydrogen) atoms. The summed E-state index contributed by atoms with van der Waals surface area (Å²) in [5.41, 5.74) is 2.81. The molecule has 0 heterocycles. The van der Waals surface area contributed by atoms with Crippen molar-refractivity contribution in [2.24, 2.45) is 0 Å². The zero-order valence-corrected chi connectivity index (χ0v) is 16.4. The van der Waals surface area contributed by atoms with Gasteiger partial charge in [-0.15, -0.1) is 0 Å². The first kappa shape index (κ1) is 20.0. The van der Waals surface area contributed by atoms with Gasteiger partial charge in [0.2, 0.25) is 5.91 Å². The SMILES string of the molecule is CCCC(=O)Nc1ccc(Cl)c(NC(=O)c2ccc(C(C)(C)C)cc2)c1. The molecule has 0 aromatic heterocycles. The second-order valence-electron chi connectivity index (χ2n) is 7.27. The zero-order chi connectivity index (χ0) is 19.3. The Bertz CT molecular complexity index is 793. The molecule has 0 spiro atoms. The number of amides is 2. The quantitative estimate of drug-likeness (QED) is 0.714. The molecule has 0 unspecified atom stereocenters. The summed E-state index contributed by atoms with van der Waals surface area (Å²) in [6.07, 6.45) is 1.22. The van der Waals surface area contributed by atoms with Crippen LogP contribution in [0.3, 0.4) is 0 Å². The Labute approximate surface area is 159 Å². The van der Waals surface area contributed by atoms with E-state index < -0.39 is 0 Å². The molecule has 0 aliphatic rings. The fraction of sp³-hybridized carbons (Fsp3) is 0.333. The van der Waals surface area contributed by atoms with Crippen LogP contribution in [0.2, 0.25) is 5.02 Å². The molecule has 0 atom stereocenters. The number of halogens is 1. The Balaban J connectivity index is 2.14. The summed E-state index contributed by atoms with van der Waals surface area (Å²) in [5, 5.41) is 6.02. The van der Waals surface area contributed by atoms with Gasteiger partial charge in [-0.25, -0.2) is 0 Å². The fourth-order valence-electron chi connectivity index (χ4n) is 2.47. The lowest BCUT2D eigenvalue weighted by molar-refractivity contribution is -0.116. The highest BCUT2D eigenvalue weighted by molar-refractivity contribution is 6.34. The van der Waals surface area contributed by atoms with Gasteiger partial charge in [0.05, 0.1) is 10.7 Å². The Morgan fingerprint density at radius 3 is 2.23 bits per heavy atom. The first-order valence-electron chi connectivity index (χ1n) is 8.72. The van der Waals surface area contributed by atoms with Crippen LogP contribution in [-0.2, 0) is 10.2 Å². The van der Waals surface area contributed by atoms with Gasteiger partial charge in [-0.1, -0.05) is 51.4 Å². The van der Waals surface area contributed by atoms with Crippen LogP contribution < -0.4 is 10.6 Å². The molecule has 138 valence electrons. The molecule has 0 saturated heterocycles. The number of carbonyl (C=O) groups excluding carboxylic acids is 2. The summed E-state index contributed by atoms with van der Waals surface area (Å²) in [6, 6.07) is 12.5. The molecular formula is C21H25ClN2O2. The van der Waals surface area contributed by atoms with E-state index in [2.05, 4.69) is 31.4 Å². The molecule has 2 N–H and O–H groups in total. The highest BCUT2D eigenvalue weighted by Gasteiger charge is 2.15. The van der Waals surface area contributed by atoms with E-state index in [1.165, 1.54) is 0 Å². The van der Waals surface area contributed by atoms with E-state index in [-0.39, 0.29) is 17.2 Å². The van der Waals surface area contributed by atoms with Gasteiger partial charge in [0.1, 0.15) is 0 Å². The van der Waals surface area contributed by atoms with Gasteiger partial charge in [0.15, 0.2) is 0 Å². The van der Waals surface area contributed by atoms with Crippen molar-refractivity contribution >= 4 is 34.8 Å². The van der Waals surface area contributed by atoms with E-state index in [9.17, 15) is 9.59 Å². The van der Waals surface area contributed by atoms with Crippen molar-refractivity contribution in [2.75, 3.05) is 10.6 Å². The summed E-state index contributed by atoms with van der Waals surface area (Å²) < 4.78 is 0. The smallest absolute Gasteiger partial charge is 0.255 e. The normalized spacial score (nSPS) is 11.1. The van der Waals surface area contributed by atoms with Crippen molar-refractivity contribution in [2.45, 2.75) is 46.0 Å². The fourth-order valence-corrected chi connectivity index (χ4v) is 2.63. The number of rotatable bonds is 5. The summed E-state index contributed by atoms with van der Waals surface area (Å²) in [5.74, 6) is -0.311. The zero-order valence-electron chi connectivity index (χ0n) is 15.7. The highest BCUT2D eigenvalue weighted by Crippen LogP contribution is 2.27. The molecule has 0 aliphatic carbocycles. The Kier molecular flexibility index (Phi) is 6.43.